The lowest BCUT2D eigenvalue weighted by Crippen LogP contribution is -2.52. The minimum absolute atomic E-state index is 0.136. The second-order valence-electron chi connectivity index (χ2n) is 9.77. The van der Waals surface area contributed by atoms with Crippen LogP contribution in [0.1, 0.15) is 63.6 Å². The number of para-hydroxylation sites is 1. The van der Waals surface area contributed by atoms with Gasteiger partial charge in [-0.3, -0.25) is 24.5 Å². The predicted molar refractivity (Wildman–Crippen MR) is 129 cm³/mol. The smallest absolute Gasteiger partial charge is 0.270 e. The van der Waals surface area contributed by atoms with Crippen molar-refractivity contribution in [2.24, 2.45) is 0 Å². The zero-order valence-electron chi connectivity index (χ0n) is 19.6. The van der Waals surface area contributed by atoms with Crippen molar-refractivity contribution in [1.29, 1.82) is 0 Å². The highest BCUT2D eigenvalue weighted by atomic mass is 19.1. The first-order chi connectivity index (χ1) is 17.4. The van der Waals surface area contributed by atoms with Gasteiger partial charge in [-0.2, -0.15) is 0 Å². The summed E-state index contributed by atoms with van der Waals surface area (Å²) < 4.78 is 14.0. The molecule has 1 atom stereocenters. The monoisotopic (exact) mass is 488 g/mol. The van der Waals surface area contributed by atoms with Crippen LogP contribution in [-0.4, -0.2) is 57.5 Å². The zero-order valence-corrected chi connectivity index (χ0v) is 19.6. The van der Waals surface area contributed by atoms with E-state index >= 15 is 0 Å². The zero-order chi connectivity index (χ0) is 25.0. The van der Waals surface area contributed by atoms with Gasteiger partial charge in [0, 0.05) is 37.0 Å². The SMILES string of the molecule is O=C1CCC(N2Cc3cc(C4CCN(C(=O)c5cc6cccc(F)c6[nH]5)CC4)ccc3C2=O)C(=O)N1. The van der Waals surface area contributed by atoms with Crippen LogP contribution in [0, 0.1) is 5.82 Å². The van der Waals surface area contributed by atoms with Gasteiger partial charge in [-0.05, 0) is 54.5 Å². The molecule has 0 spiro atoms. The fourth-order valence-electron chi connectivity index (χ4n) is 5.67. The van der Waals surface area contributed by atoms with Crippen molar-refractivity contribution in [2.45, 2.75) is 44.2 Å². The summed E-state index contributed by atoms with van der Waals surface area (Å²) in [6, 6.07) is 11.7. The number of carbonyl (C=O) groups is 4. The topological polar surface area (TPSA) is 103 Å². The third-order valence-electron chi connectivity index (χ3n) is 7.64. The molecule has 4 heterocycles. The molecule has 2 fully saturated rings. The Bertz CT molecular complexity index is 1420. The number of aromatic nitrogens is 1. The Morgan fingerprint density at radius 2 is 1.81 bits per heavy atom. The number of hydrogen-bond acceptors (Lipinski definition) is 4. The van der Waals surface area contributed by atoms with Crippen molar-refractivity contribution >= 4 is 34.5 Å². The molecule has 3 aliphatic rings. The molecule has 1 aromatic heterocycles. The lowest BCUT2D eigenvalue weighted by atomic mass is 9.88. The molecule has 4 amide bonds. The molecule has 184 valence electrons. The second kappa shape index (κ2) is 8.58. The van der Waals surface area contributed by atoms with E-state index in [0.717, 1.165) is 24.0 Å². The second-order valence-corrected chi connectivity index (χ2v) is 9.77. The van der Waals surface area contributed by atoms with Crippen LogP contribution in [0.25, 0.3) is 10.9 Å². The summed E-state index contributed by atoms with van der Waals surface area (Å²) in [7, 11) is 0. The van der Waals surface area contributed by atoms with E-state index in [9.17, 15) is 23.6 Å². The number of H-pyrrole nitrogens is 1. The molecule has 0 saturated carbocycles. The maximum Gasteiger partial charge on any atom is 0.270 e. The van der Waals surface area contributed by atoms with Crippen molar-refractivity contribution in [3.8, 4) is 0 Å². The van der Waals surface area contributed by atoms with Gasteiger partial charge in [0.25, 0.3) is 11.8 Å². The Morgan fingerprint density at radius 1 is 1.00 bits per heavy atom. The molecular weight excluding hydrogens is 463 g/mol. The van der Waals surface area contributed by atoms with Crippen LogP contribution in [0.15, 0.2) is 42.5 Å². The van der Waals surface area contributed by atoms with Crippen molar-refractivity contribution in [2.75, 3.05) is 13.1 Å². The first-order valence-electron chi connectivity index (χ1n) is 12.2. The molecule has 2 N–H and O–H groups in total. The molecule has 0 radical (unpaired) electrons. The highest BCUT2D eigenvalue weighted by Gasteiger charge is 2.39. The molecule has 8 nitrogen and oxygen atoms in total. The van der Waals surface area contributed by atoms with Gasteiger partial charge >= 0.3 is 0 Å². The number of fused-ring (bicyclic) bond motifs is 2. The number of benzene rings is 2. The van der Waals surface area contributed by atoms with E-state index in [0.29, 0.717) is 48.2 Å². The Kier molecular flexibility index (Phi) is 5.35. The third kappa shape index (κ3) is 3.75. The number of likely N-dealkylation sites (tertiary alicyclic amines) is 1. The summed E-state index contributed by atoms with van der Waals surface area (Å²) in [5.41, 5.74) is 3.34. The van der Waals surface area contributed by atoms with E-state index in [1.54, 1.807) is 28.0 Å². The van der Waals surface area contributed by atoms with Gasteiger partial charge in [-0.15, -0.1) is 0 Å². The van der Waals surface area contributed by atoms with E-state index < -0.39 is 11.9 Å². The molecule has 36 heavy (non-hydrogen) atoms. The van der Waals surface area contributed by atoms with E-state index in [-0.39, 0.29) is 35.9 Å². The number of piperidine rings is 2. The van der Waals surface area contributed by atoms with Gasteiger partial charge in [0.05, 0.1) is 5.52 Å². The van der Waals surface area contributed by atoms with Crippen LogP contribution < -0.4 is 5.32 Å². The van der Waals surface area contributed by atoms with Crippen LogP contribution in [0.3, 0.4) is 0 Å². The van der Waals surface area contributed by atoms with Crippen molar-refractivity contribution in [3.63, 3.8) is 0 Å². The van der Waals surface area contributed by atoms with Crippen molar-refractivity contribution in [3.05, 3.63) is 70.7 Å². The predicted octanol–water partition coefficient (Wildman–Crippen LogP) is 3.09. The van der Waals surface area contributed by atoms with Crippen LogP contribution in [0.2, 0.25) is 0 Å². The Balaban J connectivity index is 1.13. The molecule has 3 aliphatic heterocycles. The Morgan fingerprint density at radius 3 is 2.56 bits per heavy atom. The molecule has 2 saturated heterocycles. The molecule has 9 heteroatoms. The average Bonchev–Trinajstić information content (AvgIpc) is 3.46. The van der Waals surface area contributed by atoms with Gasteiger partial charge < -0.3 is 14.8 Å². The summed E-state index contributed by atoms with van der Waals surface area (Å²) in [6.07, 6.45) is 2.13. The number of hydrogen-bond donors (Lipinski definition) is 2. The summed E-state index contributed by atoms with van der Waals surface area (Å²) in [6.45, 7) is 1.52. The quantitative estimate of drug-likeness (QED) is 0.553. The number of rotatable bonds is 3. The number of aromatic amines is 1. The lowest BCUT2D eigenvalue weighted by Gasteiger charge is -2.32. The Labute approximate surface area is 206 Å². The number of nitrogens with one attached hydrogen (secondary N) is 2. The number of nitrogens with zero attached hydrogens (tertiary/aromatic N) is 2. The van der Waals surface area contributed by atoms with Gasteiger partial charge in [0.2, 0.25) is 11.8 Å². The van der Waals surface area contributed by atoms with Gasteiger partial charge in [0.15, 0.2) is 0 Å². The van der Waals surface area contributed by atoms with Crippen LogP contribution in [0.5, 0.6) is 0 Å². The minimum Gasteiger partial charge on any atom is -0.348 e. The van der Waals surface area contributed by atoms with E-state index in [4.69, 9.17) is 0 Å². The lowest BCUT2D eigenvalue weighted by molar-refractivity contribution is -0.136. The summed E-state index contributed by atoms with van der Waals surface area (Å²) in [5.74, 6) is -1.16. The maximum atomic E-state index is 14.0. The van der Waals surface area contributed by atoms with E-state index in [1.807, 2.05) is 18.2 Å². The number of halogens is 1. The first kappa shape index (κ1) is 22.5. The molecule has 6 rings (SSSR count). The maximum absolute atomic E-state index is 14.0. The van der Waals surface area contributed by atoms with Crippen molar-refractivity contribution < 1.29 is 23.6 Å². The molecule has 2 aromatic carbocycles. The third-order valence-corrected chi connectivity index (χ3v) is 7.64. The molecule has 0 aliphatic carbocycles. The molecular formula is C27H25FN4O4. The molecule has 0 bridgehead atoms. The normalized spacial score (nSPS) is 20.7. The highest BCUT2D eigenvalue weighted by Crippen LogP contribution is 2.34. The van der Waals surface area contributed by atoms with Crippen LogP contribution in [0.4, 0.5) is 4.39 Å². The van der Waals surface area contributed by atoms with Crippen LogP contribution in [-0.2, 0) is 16.1 Å². The summed E-state index contributed by atoms with van der Waals surface area (Å²) >= 11 is 0. The van der Waals surface area contributed by atoms with Crippen LogP contribution >= 0.6 is 0 Å². The summed E-state index contributed by atoms with van der Waals surface area (Å²) in [4.78, 5) is 56.0. The molecule has 1 unspecified atom stereocenters. The van der Waals surface area contributed by atoms with E-state index in [1.165, 1.54) is 6.07 Å². The number of carbonyl (C=O) groups excluding carboxylic acids is 4. The van der Waals surface area contributed by atoms with Gasteiger partial charge in [-0.1, -0.05) is 24.3 Å². The largest absolute Gasteiger partial charge is 0.348 e. The summed E-state index contributed by atoms with van der Waals surface area (Å²) in [5, 5.41) is 3.00. The standard InChI is InChI=1S/C27H25FN4O4/c28-20-3-1-2-17-13-21(29-24(17)20)27(36)31-10-8-15(9-11-31)16-4-5-19-18(12-16)14-32(26(19)35)22-6-7-23(33)30-25(22)34/h1-5,12-13,15,22,29H,6-11,14H2,(H,30,33,34). The fourth-order valence-corrected chi connectivity index (χ4v) is 5.67. The fraction of sp³-hybridized carbons (Fsp3) is 0.333. The number of amides is 4. The van der Waals surface area contributed by atoms with E-state index in [2.05, 4.69) is 10.3 Å². The minimum atomic E-state index is -0.626. The molecule has 3 aromatic rings. The highest BCUT2D eigenvalue weighted by molar-refractivity contribution is 6.05. The Hall–Kier alpha value is -4.01. The average molecular weight is 489 g/mol. The number of imide groups is 1. The van der Waals surface area contributed by atoms with Crippen molar-refractivity contribution in [1.82, 2.24) is 20.1 Å². The van der Waals surface area contributed by atoms with Gasteiger partial charge in [0.1, 0.15) is 17.6 Å². The van der Waals surface area contributed by atoms with Gasteiger partial charge in [-0.25, -0.2) is 4.39 Å². The first-order valence-corrected chi connectivity index (χ1v) is 12.2.